The van der Waals surface area contributed by atoms with Gasteiger partial charge in [-0.2, -0.15) is 13.2 Å². The number of rotatable bonds is 2. The van der Waals surface area contributed by atoms with Crippen LogP contribution in [0.5, 0.6) is 0 Å². The Hall–Kier alpha value is -1.47. The zero-order chi connectivity index (χ0) is 15.1. The lowest BCUT2D eigenvalue weighted by atomic mass is 10.1. The van der Waals surface area contributed by atoms with Crippen LogP contribution in [0.15, 0.2) is 18.2 Å². The molecule has 0 aliphatic carbocycles. The highest BCUT2D eigenvalue weighted by Crippen LogP contribution is 2.35. The van der Waals surface area contributed by atoms with Gasteiger partial charge in [0.25, 0.3) is 5.24 Å². The minimum absolute atomic E-state index is 0.0203. The summed E-state index contributed by atoms with van der Waals surface area (Å²) in [5, 5.41) is -0.531. The molecule has 2 aromatic rings. The Labute approximate surface area is 120 Å². The van der Waals surface area contributed by atoms with Crippen molar-refractivity contribution >= 4 is 28.2 Å². The second-order valence-corrected chi connectivity index (χ2v) is 5.44. The average molecular weight is 324 g/mol. The number of thiazole rings is 1. The van der Waals surface area contributed by atoms with Gasteiger partial charge < -0.3 is 0 Å². The summed E-state index contributed by atoms with van der Waals surface area (Å²) in [6, 6.07) is 2.49. The molecule has 2 rings (SSSR count). The van der Waals surface area contributed by atoms with E-state index in [4.69, 9.17) is 11.6 Å². The number of aromatic nitrogens is 1. The van der Waals surface area contributed by atoms with Crippen molar-refractivity contribution in [3.63, 3.8) is 0 Å². The third-order valence-corrected chi connectivity index (χ3v) is 3.70. The molecule has 20 heavy (non-hydrogen) atoms. The average Bonchev–Trinajstić information content (AvgIpc) is 2.69. The van der Waals surface area contributed by atoms with Crippen molar-refractivity contribution in [2.24, 2.45) is 0 Å². The van der Waals surface area contributed by atoms with Crippen LogP contribution >= 0.6 is 22.9 Å². The molecule has 1 aromatic carbocycles. The zero-order valence-electron chi connectivity index (χ0n) is 9.89. The number of hydrogen-bond acceptors (Lipinski definition) is 3. The van der Waals surface area contributed by atoms with Gasteiger partial charge in [-0.3, -0.25) is 4.79 Å². The number of halogens is 5. The van der Waals surface area contributed by atoms with Crippen molar-refractivity contribution in [2.75, 3.05) is 0 Å². The molecule has 2 nitrogen and oxygen atoms in total. The highest BCUT2D eigenvalue weighted by atomic mass is 35.5. The van der Waals surface area contributed by atoms with E-state index in [-0.39, 0.29) is 16.3 Å². The predicted octanol–water partition coefficient (Wildman–Crippen LogP) is 4.66. The first kappa shape index (κ1) is 14.9. The number of alkyl halides is 3. The molecule has 0 aliphatic heterocycles. The number of carbonyl (C=O) groups excluding carboxylic acids is 1. The maximum atomic E-state index is 13.5. The summed E-state index contributed by atoms with van der Waals surface area (Å²) >= 11 is 6.36. The van der Waals surface area contributed by atoms with Crippen molar-refractivity contribution in [3.05, 3.63) is 40.2 Å². The van der Waals surface area contributed by atoms with Crippen molar-refractivity contribution in [1.82, 2.24) is 4.98 Å². The van der Waals surface area contributed by atoms with Gasteiger partial charge in [-0.15, -0.1) is 11.3 Å². The molecule has 1 heterocycles. The van der Waals surface area contributed by atoms with E-state index in [1.54, 1.807) is 6.92 Å². The molecule has 8 heteroatoms. The van der Waals surface area contributed by atoms with Crippen LogP contribution in [0.25, 0.3) is 10.6 Å². The third-order valence-electron chi connectivity index (χ3n) is 2.50. The summed E-state index contributed by atoms with van der Waals surface area (Å²) in [5.41, 5.74) is -1.16. The first-order valence-corrected chi connectivity index (χ1v) is 6.44. The standard InChI is InChI=1S/C12H6ClF4NOS/c1-5-9(10(13)19)18-11(20-5)6-2-3-7(8(14)4-6)12(15,16)17/h2-4H,1H3. The second kappa shape index (κ2) is 5.14. The fraction of sp³-hybridized carbons (Fsp3) is 0.167. The van der Waals surface area contributed by atoms with Crippen LogP contribution in [-0.4, -0.2) is 10.2 Å². The predicted molar refractivity (Wildman–Crippen MR) is 67.4 cm³/mol. The quantitative estimate of drug-likeness (QED) is 0.594. The van der Waals surface area contributed by atoms with E-state index >= 15 is 0 Å². The number of nitrogens with zero attached hydrogens (tertiary/aromatic N) is 1. The van der Waals surface area contributed by atoms with Gasteiger partial charge in [0.1, 0.15) is 16.5 Å². The molecule has 0 spiro atoms. The molecule has 0 N–H and O–H groups in total. The second-order valence-electron chi connectivity index (χ2n) is 3.89. The number of hydrogen-bond donors (Lipinski definition) is 0. The first-order chi connectivity index (χ1) is 9.20. The van der Waals surface area contributed by atoms with Crippen LogP contribution < -0.4 is 0 Å². The summed E-state index contributed by atoms with van der Waals surface area (Å²) in [5.74, 6) is -1.39. The van der Waals surface area contributed by atoms with Crippen LogP contribution in [-0.2, 0) is 6.18 Å². The number of aryl methyl sites for hydroxylation is 1. The Bertz CT molecular complexity index is 681. The Balaban J connectivity index is 2.47. The Morgan fingerprint density at radius 3 is 2.45 bits per heavy atom. The van der Waals surface area contributed by atoms with E-state index in [0.29, 0.717) is 10.9 Å². The molecule has 0 aliphatic rings. The van der Waals surface area contributed by atoms with Crippen molar-refractivity contribution < 1.29 is 22.4 Å². The lowest BCUT2D eigenvalue weighted by molar-refractivity contribution is -0.139. The maximum absolute atomic E-state index is 13.5. The minimum atomic E-state index is -4.75. The lowest BCUT2D eigenvalue weighted by Gasteiger charge is -2.08. The largest absolute Gasteiger partial charge is 0.419 e. The minimum Gasteiger partial charge on any atom is -0.274 e. The van der Waals surface area contributed by atoms with Crippen molar-refractivity contribution in [1.29, 1.82) is 0 Å². The van der Waals surface area contributed by atoms with Crippen LogP contribution in [0.3, 0.4) is 0 Å². The molecule has 0 unspecified atom stereocenters. The van der Waals surface area contributed by atoms with Crippen LogP contribution in [0.2, 0.25) is 0 Å². The molecule has 0 atom stereocenters. The fourth-order valence-corrected chi connectivity index (χ4v) is 2.73. The van der Waals surface area contributed by atoms with Gasteiger partial charge in [0.15, 0.2) is 0 Å². The normalized spacial score (nSPS) is 11.7. The molecule has 0 amide bonds. The highest BCUT2D eigenvalue weighted by Gasteiger charge is 2.34. The summed E-state index contributed by atoms with van der Waals surface area (Å²) in [6.45, 7) is 1.59. The van der Waals surface area contributed by atoms with Crippen molar-refractivity contribution in [2.45, 2.75) is 13.1 Å². The SMILES string of the molecule is Cc1sc(-c2ccc(C(F)(F)F)c(F)c2)nc1C(=O)Cl. The van der Waals surface area contributed by atoms with Gasteiger partial charge in [0.2, 0.25) is 0 Å². The van der Waals surface area contributed by atoms with Gasteiger partial charge in [-0.1, -0.05) is 6.07 Å². The van der Waals surface area contributed by atoms with E-state index in [0.717, 1.165) is 23.5 Å². The maximum Gasteiger partial charge on any atom is 0.419 e. The van der Waals surface area contributed by atoms with E-state index in [9.17, 15) is 22.4 Å². The molecular weight excluding hydrogens is 318 g/mol. The van der Waals surface area contributed by atoms with E-state index in [1.165, 1.54) is 0 Å². The summed E-state index contributed by atoms with van der Waals surface area (Å²) in [7, 11) is 0. The lowest BCUT2D eigenvalue weighted by Crippen LogP contribution is -2.07. The smallest absolute Gasteiger partial charge is 0.274 e. The topological polar surface area (TPSA) is 30.0 Å². The highest BCUT2D eigenvalue weighted by molar-refractivity contribution is 7.15. The zero-order valence-corrected chi connectivity index (χ0v) is 11.5. The summed E-state index contributed by atoms with van der Waals surface area (Å²) in [6.07, 6.45) is -4.75. The van der Waals surface area contributed by atoms with Crippen molar-refractivity contribution in [3.8, 4) is 10.6 Å². The molecule has 0 saturated heterocycles. The van der Waals surface area contributed by atoms with Gasteiger partial charge in [-0.25, -0.2) is 9.37 Å². The van der Waals surface area contributed by atoms with Gasteiger partial charge in [0, 0.05) is 10.4 Å². The first-order valence-electron chi connectivity index (χ1n) is 5.24. The molecule has 0 saturated carbocycles. The molecule has 106 valence electrons. The van der Waals surface area contributed by atoms with Crippen LogP contribution in [0.4, 0.5) is 17.6 Å². The summed E-state index contributed by atoms with van der Waals surface area (Å²) < 4.78 is 50.8. The van der Waals surface area contributed by atoms with E-state index < -0.39 is 22.8 Å². The third kappa shape index (κ3) is 2.83. The Morgan fingerprint density at radius 2 is 2.00 bits per heavy atom. The Kier molecular flexibility index (Phi) is 3.84. The van der Waals surface area contributed by atoms with E-state index in [1.807, 2.05) is 0 Å². The molecule has 1 aromatic heterocycles. The number of carbonyl (C=O) groups is 1. The van der Waals surface area contributed by atoms with Gasteiger partial charge >= 0.3 is 6.18 Å². The monoisotopic (exact) mass is 323 g/mol. The summed E-state index contributed by atoms with van der Waals surface area (Å²) in [4.78, 5) is 15.5. The van der Waals surface area contributed by atoms with Gasteiger partial charge in [0.05, 0.1) is 5.56 Å². The fourth-order valence-electron chi connectivity index (χ4n) is 1.58. The van der Waals surface area contributed by atoms with E-state index in [2.05, 4.69) is 4.98 Å². The van der Waals surface area contributed by atoms with Crippen LogP contribution in [0.1, 0.15) is 20.9 Å². The van der Waals surface area contributed by atoms with Gasteiger partial charge in [-0.05, 0) is 30.7 Å². The molecule has 0 bridgehead atoms. The number of benzene rings is 1. The molecule has 0 fully saturated rings. The molecular formula is C12H6ClF4NOS. The van der Waals surface area contributed by atoms with Crippen LogP contribution in [0, 0.1) is 12.7 Å². The Morgan fingerprint density at radius 1 is 1.35 bits per heavy atom. The molecule has 0 radical (unpaired) electrons.